The van der Waals surface area contributed by atoms with Crippen LogP contribution in [-0.2, 0) is 0 Å². The Hall–Kier alpha value is -0.520. The van der Waals surface area contributed by atoms with E-state index in [1.807, 2.05) is 0 Å². The summed E-state index contributed by atoms with van der Waals surface area (Å²) in [4.78, 5) is 0. The van der Waals surface area contributed by atoms with E-state index in [4.69, 9.17) is 0 Å². The Labute approximate surface area is 175 Å². The average molecular weight is 383 g/mol. The second kappa shape index (κ2) is 7.63. The van der Waals surface area contributed by atoms with Gasteiger partial charge in [-0.2, -0.15) is 0 Å². The molecular formula is C28H46. The highest BCUT2D eigenvalue weighted by molar-refractivity contribution is 5.34. The molecule has 0 amide bonds. The summed E-state index contributed by atoms with van der Waals surface area (Å²) in [6, 6.07) is 0. The lowest BCUT2D eigenvalue weighted by molar-refractivity contribution is -0.0453. The Bertz CT molecular complexity index is 624. The van der Waals surface area contributed by atoms with Gasteiger partial charge in [0, 0.05) is 0 Å². The fraction of sp³-hybridized carbons (Fsp3) is 0.857. The molecule has 0 aromatic heterocycles. The molecule has 0 aromatic carbocycles. The van der Waals surface area contributed by atoms with Crippen molar-refractivity contribution in [3.63, 3.8) is 0 Å². The highest BCUT2D eigenvalue weighted by Gasteiger charge is 2.58. The first-order valence-corrected chi connectivity index (χ1v) is 12.6. The number of fused-ring (bicyclic) bond motifs is 5. The number of hydrogen-bond acceptors (Lipinski definition) is 0. The normalized spacial score (nSPS) is 44.5. The second-order valence-electron chi connectivity index (χ2n) is 12.1. The van der Waals surface area contributed by atoms with E-state index in [0.29, 0.717) is 10.8 Å². The van der Waals surface area contributed by atoms with E-state index >= 15 is 0 Å². The largest absolute Gasteiger partial charge is 0.0842 e. The van der Waals surface area contributed by atoms with E-state index in [-0.39, 0.29) is 0 Å². The molecule has 8 atom stereocenters. The zero-order valence-electron chi connectivity index (χ0n) is 19.6. The smallest absolute Gasteiger partial charge is 0.00445 e. The topological polar surface area (TPSA) is 0 Å². The molecule has 0 heteroatoms. The Morgan fingerprint density at radius 3 is 2.50 bits per heavy atom. The molecule has 0 saturated heterocycles. The van der Waals surface area contributed by atoms with Crippen molar-refractivity contribution in [1.82, 2.24) is 0 Å². The van der Waals surface area contributed by atoms with E-state index < -0.39 is 0 Å². The van der Waals surface area contributed by atoms with Crippen LogP contribution in [0, 0.1) is 52.3 Å². The van der Waals surface area contributed by atoms with Gasteiger partial charge in [0.2, 0.25) is 0 Å². The van der Waals surface area contributed by atoms with Crippen molar-refractivity contribution in [3.05, 3.63) is 23.8 Å². The van der Waals surface area contributed by atoms with Gasteiger partial charge in [-0.05, 0) is 103 Å². The SMILES string of the molecule is CC(C)C(C)CC[C@@H](C)[C@H]1CCC2C3CC=C4C=CCC[C@]4(C)C3CC[C@@]21C. The Morgan fingerprint density at radius 1 is 0.964 bits per heavy atom. The third-order valence-corrected chi connectivity index (χ3v) is 10.6. The zero-order valence-corrected chi connectivity index (χ0v) is 19.6. The van der Waals surface area contributed by atoms with E-state index in [0.717, 1.165) is 41.4 Å². The molecule has 0 bridgehead atoms. The summed E-state index contributed by atoms with van der Waals surface area (Å²) in [5.41, 5.74) is 2.79. The first-order chi connectivity index (χ1) is 13.3. The predicted octanol–water partition coefficient (Wildman–Crippen LogP) is 8.44. The third-order valence-electron chi connectivity index (χ3n) is 10.6. The maximum absolute atomic E-state index is 2.72. The third kappa shape index (κ3) is 3.26. The molecule has 0 nitrogen and oxygen atoms in total. The van der Waals surface area contributed by atoms with Crippen LogP contribution in [0.25, 0.3) is 0 Å². The van der Waals surface area contributed by atoms with Crippen molar-refractivity contribution in [2.24, 2.45) is 52.3 Å². The maximum Gasteiger partial charge on any atom is -0.00445 e. The minimum atomic E-state index is 0.482. The lowest BCUT2D eigenvalue weighted by atomic mass is 9.47. The van der Waals surface area contributed by atoms with Crippen LogP contribution in [0.5, 0.6) is 0 Å². The highest BCUT2D eigenvalue weighted by Crippen LogP contribution is 2.66. The van der Waals surface area contributed by atoms with Crippen molar-refractivity contribution in [2.75, 3.05) is 0 Å². The van der Waals surface area contributed by atoms with Crippen molar-refractivity contribution in [3.8, 4) is 0 Å². The molecule has 0 N–H and O–H groups in total. The molecule has 0 spiro atoms. The number of hydrogen-bond donors (Lipinski definition) is 0. The first-order valence-electron chi connectivity index (χ1n) is 12.6. The summed E-state index contributed by atoms with van der Waals surface area (Å²) in [6.07, 6.45) is 20.5. The molecule has 4 unspecified atom stereocenters. The van der Waals surface area contributed by atoms with Gasteiger partial charge >= 0.3 is 0 Å². The molecule has 158 valence electrons. The van der Waals surface area contributed by atoms with Crippen LogP contribution < -0.4 is 0 Å². The molecule has 2 saturated carbocycles. The van der Waals surface area contributed by atoms with Gasteiger partial charge < -0.3 is 0 Å². The lowest BCUT2D eigenvalue weighted by Gasteiger charge is -2.57. The van der Waals surface area contributed by atoms with Crippen LogP contribution in [-0.4, -0.2) is 0 Å². The van der Waals surface area contributed by atoms with Crippen LogP contribution in [0.2, 0.25) is 0 Å². The van der Waals surface area contributed by atoms with Gasteiger partial charge in [-0.15, -0.1) is 0 Å². The summed E-state index contributed by atoms with van der Waals surface area (Å²) in [6.45, 7) is 15.2. The van der Waals surface area contributed by atoms with Gasteiger partial charge in [-0.25, -0.2) is 0 Å². The van der Waals surface area contributed by atoms with Crippen molar-refractivity contribution in [1.29, 1.82) is 0 Å². The van der Waals surface area contributed by atoms with E-state index in [1.54, 1.807) is 5.57 Å². The average Bonchev–Trinajstić information content (AvgIpc) is 3.02. The van der Waals surface area contributed by atoms with Crippen molar-refractivity contribution < 1.29 is 0 Å². The zero-order chi connectivity index (χ0) is 20.1. The minimum absolute atomic E-state index is 0.482. The van der Waals surface area contributed by atoms with Gasteiger partial charge in [0.05, 0.1) is 0 Å². The Balaban J connectivity index is 1.49. The Kier molecular flexibility index (Phi) is 5.65. The molecule has 0 aromatic rings. The molecule has 4 aliphatic rings. The minimum Gasteiger partial charge on any atom is -0.0842 e. The van der Waals surface area contributed by atoms with Gasteiger partial charge in [-0.3, -0.25) is 0 Å². The van der Waals surface area contributed by atoms with E-state index in [2.05, 4.69) is 59.8 Å². The fourth-order valence-corrected chi connectivity index (χ4v) is 8.33. The van der Waals surface area contributed by atoms with E-state index in [1.165, 1.54) is 57.8 Å². The fourth-order valence-electron chi connectivity index (χ4n) is 8.33. The van der Waals surface area contributed by atoms with Crippen molar-refractivity contribution in [2.45, 2.75) is 99.3 Å². The first kappa shape index (κ1) is 20.7. The highest BCUT2D eigenvalue weighted by atomic mass is 14.6. The van der Waals surface area contributed by atoms with Crippen molar-refractivity contribution >= 4 is 0 Å². The van der Waals surface area contributed by atoms with Crippen LogP contribution in [0.15, 0.2) is 23.8 Å². The molecule has 28 heavy (non-hydrogen) atoms. The van der Waals surface area contributed by atoms with Gasteiger partial charge in [0.1, 0.15) is 0 Å². The van der Waals surface area contributed by atoms with Gasteiger partial charge in [0.25, 0.3) is 0 Å². The van der Waals surface area contributed by atoms with Crippen LogP contribution in [0.1, 0.15) is 99.3 Å². The molecule has 2 fully saturated rings. The molecule has 0 radical (unpaired) electrons. The maximum atomic E-state index is 2.72. The molecule has 4 aliphatic carbocycles. The number of rotatable bonds is 5. The monoisotopic (exact) mass is 382 g/mol. The molecule has 0 aliphatic heterocycles. The lowest BCUT2D eigenvalue weighted by Crippen LogP contribution is -2.49. The molecule has 0 heterocycles. The van der Waals surface area contributed by atoms with E-state index in [9.17, 15) is 0 Å². The summed E-state index contributed by atoms with van der Waals surface area (Å²) >= 11 is 0. The van der Waals surface area contributed by atoms with Crippen LogP contribution in [0.3, 0.4) is 0 Å². The summed E-state index contributed by atoms with van der Waals surface area (Å²) < 4.78 is 0. The summed E-state index contributed by atoms with van der Waals surface area (Å²) in [5.74, 6) is 6.50. The van der Waals surface area contributed by atoms with Crippen LogP contribution >= 0.6 is 0 Å². The number of allylic oxidation sites excluding steroid dienone is 4. The standard InChI is InChI=1S/C28H46/c1-19(2)20(3)10-11-21(4)24-14-15-25-23-13-12-22-9-7-8-17-27(22,5)26(23)16-18-28(24,25)6/h7,9,12,19-21,23-26H,8,10-11,13-18H2,1-6H3/t20?,21-,23?,24-,25?,26?,27+,28-/m1/s1. The molecule has 4 rings (SSSR count). The van der Waals surface area contributed by atoms with Crippen LogP contribution in [0.4, 0.5) is 0 Å². The van der Waals surface area contributed by atoms with Gasteiger partial charge in [-0.1, -0.05) is 72.6 Å². The molecular weight excluding hydrogens is 336 g/mol. The summed E-state index contributed by atoms with van der Waals surface area (Å²) in [7, 11) is 0. The second-order valence-corrected chi connectivity index (χ2v) is 12.1. The Morgan fingerprint density at radius 2 is 1.75 bits per heavy atom. The predicted molar refractivity (Wildman–Crippen MR) is 122 cm³/mol. The van der Waals surface area contributed by atoms with Gasteiger partial charge in [0.15, 0.2) is 0 Å². The quantitative estimate of drug-likeness (QED) is 0.447. The summed E-state index contributed by atoms with van der Waals surface area (Å²) in [5, 5.41) is 0.